The van der Waals surface area contributed by atoms with Crippen LogP contribution in [0, 0.1) is 11.3 Å². The van der Waals surface area contributed by atoms with E-state index in [1.165, 1.54) is 6.42 Å². The van der Waals surface area contributed by atoms with Gasteiger partial charge < -0.3 is 15.3 Å². The van der Waals surface area contributed by atoms with Crippen molar-refractivity contribution in [3.8, 4) is 0 Å². The number of aliphatic hydroxyl groups is 2. The summed E-state index contributed by atoms with van der Waals surface area (Å²) in [5, 5.41) is 30.7. The summed E-state index contributed by atoms with van der Waals surface area (Å²) in [5.74, 6) is -0.529. The van der Waals surface area contributed by atoms with Gasteiger partial charge in [-0.05, 0) is 55.6 Å². The molecule has 2 aliphatic rings. The second kappa shape index (κ2) is 11.2. The molecule has 0 saturated heterocycles. The second-order valence-electron chi connectivity index (χ2n) is 9.89. The van der Waals surface area contributed by atoms with E-state index in [2.05, 4.69) is 19.1 Å². The fourth-order valence-corrected chi connectivity index (χ4v) is 6.45. The van der Waals surface area contributed by atoms with E-state index >= 15 is 0 Å². The molecule has 2 aliphatic carbocycles. The largest absolute Gasteiger partial charge is 0.481 e. The lowest BCUT2D eigenvalue weighted by Crippen LogP contribution is -2.36. The van der Waals surface area contributed by atoms with Crippen LogP contribution in [0.5, 0.6) is 0 Å². The first-order chi connectivity index (χ1) is 14.9. The van der Waals surface area contributed by atoms with E-state index < -0.39 is 18.2 Å². The van der Waals surface area contributed by atoms with Gasteiger partial charge in [0, 0.05) is 23.1 Å². The molecule has 0 bridgehead atoms. The minimum atomic E-state index is -0.732. The molecule has 0 aromatic heterocycles. The Morgan fingerprint density at radius 1 is 1.23 bits per heavy atom. The summed E-state index contributed by atoms with van der Waals surface area (Å²) in [4.78, 5) is 10.7. The van der Waals surface area contributed by atoms with E-state index in [1.807, 2.05) is 12.1 Å². The molecule has 0 aliphatic heterocycles. The Hall–Kier alpha value is -1.10. The molecule has 4 nitrogen and oxygen atoms in total. The molecule has 1 aromatic carbocycles. The van der Waals surface area contributed by atoms with Crippen LogP contribution in [0.15, 0.2) is 24.3 Å². The van der Waals surface area contributed by atoms with Crippen molar-refractivity contribution < 1.29 is 20.1 Å². The van der Waals surface area contributed by atoms with E-state index in [-0.39, 0.29) is 29.0 Å². The molecule has 2 saturated carbocycles. The molecule has 0 amide bonds. The zero-order valence-corrected chi connectivity index (χ0v) is 19.6. The molecular formula is C26H39ClO4. The summed E-state index contributed by atoms with van der Waals surface area (Å²) in [7, 11) is 0. The molecule has 1 unspecified atom stereocenters. The Bertz CT molecular complexity index is 717. The predicted molar refractivity (Wildman–Crippen MR) is 124 cm³/mol. The fraction of sp³-hybridized carbons (Fsp3) is 0.731. The number of aliphatic hydroxyl groups excluding tert-OH is 2. The molecule has 3 rings (SSSR count). The lowest BCUT2D eigenvalue weighted by molar-refractivity contribution is -0.137. The van der Waals surface area contributed by atoms with Gasteiger partial charge in [0.25, 0.3) is 0 Å². The van der Waals surface area contributed by atoms with Crippen LogP contribution in [0.3, 0.4) is 0 Å². The number of carboxylic acids is 1. The summed E-state index contributed by atoms with van der Waals surface area (Å²) in [6.07, 6.45) is 10.0. The van der Waals surface area contributed by atoms with Gasteiger partial charge in [-0.3, -0.25) is 4.79 Å². The normalized spacial score (nSPS) is 28.3. The smallest absolute Gasteiger partial charge is 0.303 e. The Morgan fingerprint density at radius 2 is 1.97 bits per heavy atom. The maximum Gasteiger partial charge on any atom is 0.303 e. The molecule has 5 heteroatoms. The van der Waals surface area contributed by atoms with Crippen LogP contribution in [0.4, 0.5) is 0 Å². The van der Waals surface area contributed by atoms with Gasteiger partial charge in [0.05, 0.1) is 12.2 Å². The van der Waals surface area contributed by atoms with Crippen LogP contribution >= 0.6 is 11.6 Å². The fourth-order valence-electron chi connectivity index (χ4n) is 5.98. The highest BCUT2D eigenvalue weighted by molar-refractivity contribution is 6.21. The standard InChI is InChI=1S/C26H39ClO4/c1-2-13-26(14-8-15-26)25(31)19-10-7-9-18(16-19)24-20(21(27)17-22(24)28)11-5-3-4-6-12-23(29)30/h7,9-10,16,20-22,24-25,28,31H,2-6,8,11-15,17H2,1H3,(H,29,30)/t20-,21-,22+,24+,25?/m0/s1. The highest BCUT2D eigenvalue weighted by Crippen LogP contribution is 2.54. The number of rotatable bonds is 12. The van der Waals surface area contributed by atoms with E-state index in [4.69, 9.17) is 16.7 Å². The minimum Gasteiger partial charge on any atom is -0.481 e. The average molecular weight is 451 g/mol. The van der Waals surface area contributed by atoms with Crippen molar-refractivity contribution in [3.63, 3.8) is 0 Å². The highest BCUT2D eigenvalue weighted by Gasteiger charge is 2.44. The van der Waals surface area contributed by atoms with Crippen LogP contribution in [0.1, 0.15) is 107 Å². The van der Waals surface area contributed by atoms with Gasteiger partial charge in [0.15, 0.2) is 0 Å². The Kier molecular flexibility index (Phi) is 8.83. The van der Waals surface area contributed by atoms with Crippen molar-refractivity contribution in [1.82, 2.24) is 0 Å². The van der Waals surface area contributed by atoms with E-state index in [1.54, 1.807) is 0 Å². The number of halogens is 1. The van der Waals surface area contributed by atoms with Gasteiger partial charge in [0.2, 0.25) is 0 Å². The lowest BCUT2D eigenvalue weighted by atomic mass is 9.61. The zero-order valence-electron chi connectivity index (χ0n) is 18.8. The van der Waals surface area contributed by atoms with E-state index in [0.717, 1.165) is 68.9 Å². The predicted octanol–water partition coefficient (Wildman–Crippen LogP) is 6.19. The lowest BCUT2D eigenvalue weighted by Gasteiger charge is -2.46. The number of alkyl halides is 1. The monoisotopic (exact) mass is 450 g/mol. The Labute approximate surface area is 192 Å². The summed E-state index contributed by atoms with van der Waals surface area (Å²) < 4.78 is 0. The molecule has 31 heavy (non-hydrogen) atoms. The van der Waals surface area contributed by atoms with Crippen molar-refractivity contribution >= 4 is 17.6 Å². The third-order valence-corrected chi connectivity index (χ3v) is 8.28. The van der Waals surface area contributed by atoms with Crippen LogP contribution in [-0.2, 0) is 4.79 Å². The quantitative estimate of drug-likeness (QED) is 0.262. The number of carbonyl (C=O) groups is 1. The third-order valence-electron chi connectivity index (χ3n) is 7.77. The second-order valence-corrected chi connectivity index (χ2v) is 10.5. The molecule has 3 N–H and O–H groups in total. The van der Waals surface area contributed by atoms with E-state index in [9.17, 15) is 15.0 Å². The molecule has 0 radical (unpaired) electrons. The summed E-state index contributed by atoms with van der Waals surface area (Å²) in [6, 6.07) is 8.24. The first kappa shape index (κ1) is 24.5. The summed E-state index contributed by atoms with van der Waals surface area (Å²) in [6.45, 7) is 2.19. The third kappa shape index (κ3) is 5.83. The molecular weight excluding hydrogens is 412 g/mol. The molecule has 2 fully saturated rings. The number of carboxylic acid groups (broad SMARTS) is 1. The topological polar surface area (TPSA) is 77.8 Å². The van der Waals surface area contributed by atoms with Gasteiger partial charge in [-0.15, -0.1) is 11.6 Å². The number of hydrogen-bond acceptors (Lipinski definition) is 3. The van der Waals surface area contributed by atoms with Crippen LogP contribution in [0.2, 0.25) is 0 Å². The van der Waals surface area contributed by atoms with Gasteiger partial charge in [0.1, 0.15) is 0 Å². The Balaban J connectivity index is 1.66. The maximum absolute atomic E-state index is 11.2. The average Bonchev–Trinajstić information content (AvgIpc) is 2.99. The first-order valence-corrected chi connectivity index (χ1v) is 12.6. The van der Waals surface area contributed by atoms with Crippen molar-refractivity contribution in [2.75, 3.05) is 0 Å². The number of benzene rings is 1. The van der Waals surface area contributed by atoms with Gasteiger partial charge in [-0.2, -0.15) is 0 Å². The molecule has 174 valence electrons. The van der Waals surface area contributed by atoms with Crippen molar-refractivity contribution in [3.05, 3.63) is 35.4 Å². The maximum atomic E-state index is 11.2. The molecule has 0 heterocycles. The van der Waals surface area contributed by atoms with Gasteiger partial charge >= 0.3 is 5.97 Å². The number of aliphatic carboxylic acids is 1. The van der Waals surface area contributed by atoms with Crippen LogP contribution in [0.25, 0.3) is 0 Å². The van der Waals surface area contributed by atoms with Gasteiger partial charge in [-0.25, -0.2) is 0 Å². The van der Waals surface area contributed by atoms with Crippen LogP contribution < -0.4 is 0 Å². The Morgan fingerprint density at radius 3 is 2.61 bits per heavy atom. The number of hydrogen-bond donors (Lipinski definition) is 3. The van der Waals surface area contributed by atoms with Crippen LogP contribution in [-0.4, -0.2) is 32.8 Å². The molecule has 5 atom stereocenters. The summed E-state index contributed by atoms with van der Waals surface area (Å²) >= 11 is 6.66. The van der Waals surface area contributed by atoms with Crippen molar-refractivity contribution in [1.29, 1.82) is 0 Å². The van der Waals surface area contributed by atoms with Crippen molar-refractivity contribution in [2.24, 2.45) is 11.3 Å². The zero-order chi connectivity index (χ0) is 22.4. The van der Waals surface area contributed by atoms with Crippen molar-refractivity contribution in [2.45, 2.75) is 107 Å². The first-order valence-electron chi connectivity index (χ1n) is 12.2. The minimum absolute atomic E-state index is 0.00261. The number of unbranched alkanes of at least 4 members (excludes halogenated alkanes) is 3. The summed E-state index contributed by atoms with van der Waals surface area (Å²) in [5.41, 5.74) is 2.09. The molecule has 0 spiro atoms. The molecule has 1 aromatic rings. The highest BCUT2D eigenvalue weighted by atomic mass is 35.5. The van der Waals surface area contributed by atoms with E-state index in [0.29, 0.717) is 6.42 Å². The SMILES string of the molecule is CCCC1(C(O)c2cccc([C@@H]3[C@@H](CCCCCCC(=O)O)[C@@H](Cl)C[C@H]3O)c2)CCC1. The van der Waals surface area contributed by atoms with Gasteiger partial charge in [-0.1, -0.05) is 63.3 Å².